The average molecular weight is 273 g/mol. The van der Waals surface area contributed by atoms with Crippen LogP contribution in [0, 0.1) is 0 Å². The van der Waals surface area contributed by atoms with Gasteiger partial charge in [-0.2, -0.15) is 5.10 Å². The van der Waals surface area contributed by atoms with E-state index in [1.54, 1.807) is 10.9 Å². The van der Waals surface area contributed by atoms with E-state index >= 15 is 0 Å². The number of amides is 1. The van der Waals surface area contributed by atoms with Crippen LogP contribution < -0.4 is 4.90 Å². The first-order chi connectivity index (χ1) is 9.24. The van der Waals surface area contributed by atoms with E-state index in [0.717, 1.165) is 23.5 Å². The molecule has 0 saturated heterocycles. The molecule has 1 aliphatic rings. The number of benzene rings is 1. The lowest BCUT2D eigenvalue weighted by Crippen LogP contribution is -2.30. The number of thioether (sulfide) groups is 1. The zero-order valence-corrected chi connectivity index (χ0v) is 11.6. The predicted molar refractivity (Wildman–Crippen MR) is 76.4 cm³/mol. The molecule has 3 rings (SSSR count). The molecule has 1 aromatic heterocycles. The number of hydrogen-bond donors (Lipinski definition) is 0. The second-order valence-electron chi connectivity index (χ2n) is 4.56. The standard InChI is InChI=1S/C14H15N3OS/c1-16-9-12(8-15-16)19-10-14(18)17-7-6-11-4-2-3-5-13(11)17/h2-5,8-9H,6-7,10H2,1H3. The van der Waals surface area contributed by atoms with Crippen LogP contribution in [0.3, 0.4) is 0 Å². The second-order valence-corrected chi connectivity index (χ2v) is 5.61. The van der Waals surface area contributed by atoms with E-state index in [1.807, 2.05) is 36.3 Å². The van der Waals surface area contributed by atoms with E-state index in [4.69, 9.17) is 0 Å². The van der Waals surface area contributed by atoms with Gasteiger partial charge in [-0.3, -0.25) is 9.48 Å². The minimum atomic E-state index is 0.166. The molecule has 0 unspecified atom stereocenters. The van der Waals surface area contributed by atoms with Crippen molar-refractivity contribution in [2.24, 2.45) is 7.05 Å². The Morgan fingerprint density at radius 3 is 3.05 bits per heavy atom. The molecular weight excluding hydrogens is 258 g/mol. The van der Waals surface area contributed by atoms with Gasteiger partial charge in [-0.1, -0.05) is 18.2 Å². The molecule has 0 N–H and O–H groups in total. The molecule has 98 valence electrons. The summed E-state index contributed by atoms with van der Waals surface area (Å²) in [6, 6.07) is 8.13. The van der Waals surface area contributed by atoms with Gasteiger partial charge in [0.25, 0.3) is 0 Å². The smallest absolute Gasteiger partial charge is 0.237 e. The van der Waals surface area contributed by atoms with Gasteiger partial charge in [0.15, 0.2) is 0 Å². The van der Waals surface area contributed by atoms with E-state index in [1.165, 1.54) is 17.3 Å². The van der Waals surface area contributed by atoms with Crippen molar-refractivity contribution in [3.05, 3.63) is 42.2 Å². The summed E-state index contributed by atoms with van der Waals surface area (Å²) in [5, 5.41) is 4.10. The van der Waals surface area contributed by atoms with Gasteiger partial charge in [0.05, 0.1) is 11.9 Å². The zero-order chi connectivity index (χ0) is 13.2. The van der Waals surface area contributed by atoms with Gasteiger partial charge in [-0.15, -0.1) is 11.8 Å². The van der Waals surface area contributed by atoms with Crippen LogP contribution >= 0.6 is 11.8 Å². The molecule has 1 aliphatic heterocycles. The van der Waals surface area contributed by atoms with Crippen LogP contribution in [0.2, 0.25) is 0 Å². The zero-order valence-electron chi connectivity index (χ0n) is 10.7. The molecule has 2 aromatic rings. The molecule has 4 nitrogen and oxygen atoms in total. The molecule has 0 aliphatic carbocycles. The van der Waals surface area contributed by atoms with E-state index in [9.17, 15) is 4.79 Å². The molecule has 0 spiro atoms. The number of aryl methyl sites for hydroxylation is 1. The summed E-state index contributed by atoms with van der Waals surface area (Å²) < 4.78 is 1.75. The van der Waals surface area contributed by atoms with Crippen molar-refractivity contribution in [1.82, 2.24) is 9.78 Å². The van der Waals surface area contributed by atoms with Crippen molar-refractivity contribution >= 4 is 23.4 Å². The first-order valence-electron chi connectivity index (χ1n) is 6.24. The van der Waals surface area contributed by atoms with Gasteiger partial charge >= 0.3 is 0 Å². The van der Waals surface area contributed by atoms with Crippen LogP contribution in [0.15, 0.2) is 41.6 Å². The lowest BCUT2D eigenvalue weighted by molar-refractivity contribution is -0.116. The molecule has 5 heteroatoms. The van der Waals surface area contributed by atoms with Gasteiger partial charge in [-0.05, 0) is 18.1 Å². The van der Waals surface area contributed by atoms with E-state index in [0.29, 0.717) is 5.75 Å². The fraction of sp³-hybridized carbons (Fsp3) is 0.286. The molecular formula is C14H15N3OS. The number of anilines is 1. The molecule has 1 amide bonds. The molecule has 0 bridgehead atoms. The summed E-state index contributed by atoms with van der Waals surface area (Å²) in [4.78, 5) is 15.2. The summed E-state index contributed by atoms with van der Waals surface area (Å²) in [7, 11) is 1.88. The van der Waals surface area contributed by atoms with Gasteiger partial charge in [0.2, 0.25) is 5.91 Å². The molecule has 0 radical (unpaired) electrons. The Bertz CT molecular complexity index is 608. The Morgan fingerprint density at radius 2 is 2.26 bits per heavy atom. The Kier molecular flexibility index (Phi) is 3.29. The van der Waals surface area contributed by atoms with Gasteiger partial charge < -0.3 is 4.90 Å². The fourth-order valence-electron chi connectivity index (χ4n) is 2.29. The first kappa shape index (κ1) is 12.3. The van der Waals surface area contributed by atoms with E-state index in [-0.39, 0.29) is 5.91 Å². The highest BCUT2D eigenvalue weighted by Gasteiger charge is 2.23. The van der Waals surface area contributed by atoms with Crippen molar-refractivity contribution in [2.75, 3.05) is 17.2 Å². The summed E-state index contributed by atoms with van der Waals surface area (Å²) >= 11 is 1.54. The highest BCUT2D eigenvalue weighted by molar-refractivity contribution is 8.00. The highest BCUT2D eigenvalue weighted by Crippen LogP contribution is 2.28. The van der Waals surface area contributed by atoms with Crippen LogP contribution in [0.25, 0.3) is 0 Å². The average Bonchev–Trinajstić information content (AvgIpc) is 3.02. The Hall–Kier alpha value is -1.75. The van der Waals surface area contributed by atoms with Crippen LogP contribution in [-0.4, -0.2) is 28.0 Å². The van der Waals surface area contributed by atoms with Gasteiger partial charge in [0, 0.05) is 30.4 Å². The minimum absolute atomic E-state index is 0.166. The summed E-state index contributed by atoms with van der Waals surface area (Å²) in [6.07, 6.45) is 4.67. The lowest BCUT2D eigenvalue weighted by Gasteiger charge is -2.16. The number of hydrogen-bond acceptors (Lipinski definition) is 3. The predicted octanol–water partition coefficient (Wildman–Crippen LogP) is 2.10. The van der Waals surface area contributed by atoms with Crippen LogP contribution in [0.5, 0.6) is 0 Å². The molecule has 19 heavy (non-hydrogen) atoms. The first-order valence-corrected chi connectivity index (χ1v) is 7.22. The highest BCUT2D eigenvalue weighted by atomic mass is 32.2. The van der Waals surface area contributed by atoms with Gasteiger partial charge in [0.1, 0.15) is 0 Å². The minimum Gasteiger partial charge on any atom is -0.311 e. The summed E-state index contributed by atoms with van der Waals surface area (Å²) in [5.41, 5.74) is 2.33. The fourth-order valence-corrected chi connectivity index (χ4v) is 3.09. The Balaban J connectivity index is 1.66. The third-order valence-corrected chi connectivity index (χ3v) is 4.17. The molecule has 0 atom stereocenters. The van der Waals surface area contributed by atoms with Crippen molar-refractivity contribution < 1.29 is 4.79 Å². The monoisotopic (exact) mass is 273 g/mol. The maximum Gasteiger partial charge on any atom is 0.237 e. The number of fused-ring (bicyclic) bond motifs is 1. The SMILES string of the molecule is Cn1cc(SCC(=O)N2CCc3ccccc32)cn1. The topological polar surface area (TPSA) is 38.1 Å². The second kappa shape index (κ2) is 5.09. The van der Waals surface area contributed by atoms with Crippen LogP contribution in [0.4, 0.5) is 5.69 Å². The summed E-state index contributed by atoms with van der Waals surface area (Å²) in [6.45, 7) is 0.797. The Morgan fingerprint density at radius 1 is 1.42 bits per heavy atom. The van der Waals surface area contributed by atoms with Crippen LogP contribution in [0.1, 0.15) is 5.56 Å². The summed E-state index contributed by atoms with van der Waals surface area (Å²) in [5.74, 6) is 0.624. The largest absolute Gasteiger partial charge is 0.311 e. The quantitative estimate of drug-likeness (QED) is 0.804. The maximum absolute atomic E-state index is 12.3. The third kappa shape index (κ3) is 2.51. The normalized spacial score (nSPS) is 13.6. The number of para-hydroxylation sites is 1. The number of rotatable bonds is 3. The van der Waals surface area contributed by atoms with E-state index in [2.05, 4.69) is 11.2 Å². The molecule has 2 heterocycles. The number of carbonyl (C=O) groups is 1. The number of aromatic nitrogens is 2. The maximum atomic E-state index is 12.3. The van der Waals surface area contributed by atoms with Gasteiger partial charge in [-0.25, -0.2) is 0 Å². The molecule has 1 aromatic carbocycles. The Labute approximate surface area is 116 Å². The number of nitrogens with zero attached hydrogens (tertiary/aromatic N) is 3. The van der Waals surface area contributed by atoms with Crippen molar-refractivity contribution in [3.63, 3.8) is 0 Å². The van der Waals surface area contributed by atoms with Crippen molar-refractivity contribution in [2.45, 2.75) is 11.3 Å². The van der Waals surface area contributed by atoms with Crippen molar-refractivity contribution in [1.29, 1.82) is 0 Å². The molecule has 0 fully saturated rings. The third-order valence-electron chi connectivity index (χ3n) is 3.23. The van der Waals surface area contributed by atoms with E-state index < -0.39 is 0 Å². The molecule has 0 saturated carbocycles. The van der Waals surface area contributed by atoms with Crippen molar-refractivity contribution in [3.8, 4) is 0 Å². The number of carbonyl (C=O) groups excluding carboxylic acids is 1. The lowest BCUT2D eigenvalue weighted by atomic mass is 10.2. The van der Waals surface area contributed by atoms with Crippen LogP contribution in [-0.2, 0) is 18.3 Å².